The highest BCUT2D eigenvalue weighted by molar-refractivity contribution is 7.71. The molecule has 96 valence electrons. The maximum absolute atomic E-state index is 5.35. The molecule has 3 nitrogen and oxygen atoms in total. The van der Waals surface area contributed by atoms with Crippen LogP contribution >= 0.6 is 12.2 Å². The summed E-state index contributed by atoms with van der Waals surface area (Å²) in [6.07, 6.45) is 6.39. The summed E-state index contributed by atoms with van der Waals surface area (Å²) in [5.41, 5.74) is 3.68. The van der Waals surface area contributed by atoms with E-state index in [2.05, 4.69) is 29.3 Å². The molecule has 1 N–H and O–H groups in total. The molecule has 0 unspecified atom stereocenters. The predicted molar refractivity (Wildman–Crippen MR) is 79.7 cm³/mol. The van der Waals surface area contributed by atoms with Gasteiger partial charge in [-0.1, -0.05) is 35.9 Å². The summed E-state index contributed by atoms with van der Waals surface area (Å²) >= 11 is 5.35. The molecule has 0 aliphatic heterocycles. The molecule has 0 fully saturated rings. The molecular weight excluding hydrogens is 254 g/mol. The quantitative estimate of drug-likeness (QED) is 0.834. The van der Waals surface area contributed by atoms with Gasteiger partial charge in [0.15, 0.2) is 10.6 Å². The number of aromatic nitrogens is 3. The van der Waals surface area contributed by atoms with Crippen LogP contribution in [0.2, 0.25) is 0 Å². The number of allylic oxidation sites excluding steroid dienone is 4. The van der Waals surface area contributed by atoms with Crippen LogP contribution in [-0.4, -0.2) is 14.8 Å². The van der Waals surface area contributed by atoms with Gasteiger partial charge < -0.3 is 0 Å². The molecule has 1 aromatic heterocycles. The van der Waals surface area contributed by atoms with Crippen LogP contribution in [0.5, 0.6) is 0 Å². The van der Waals surface area contributed by atoms with Crippen molar-refractivity contribution in [1.29, 1.82) is 0 Å². The lowest BCUT2D eigenvalue weighted by atomic mass is 9.99. The van der Waals surface area contributed by atoms with E-state index in [4.69, 9.17) is 12.2 Å². The molecule has 1 aliphatic rings. The van der Waals surface area contributed by atoms with Gasteiger partial charge in [0, 0.05) is 5.69 Å². The summed E-state index contributed by atoms with van der Waals surface area (Å²) in [6.45, 7) is 2.15. The van der Waals surface area contributed by atoms with Gasteiger partial charge in [-0.25, -0.2) is 0 Å². The zero-order valence-corrected chi connectivity index (χ0v) is 11.6. The molecule has 1 aromatic carbocycles. The van der Waals surface area contributed by atoms with E-state index in [1.807, 2.05) is 34.9 Å². The van der Waals surface area contributed by atoms with E-state index < -0.39 is 0 Å². The van der Waals surface area contributed by atoms with Crippen LogP contribution in [0.25, 0.3) is 11.3 Å². The second kappa shape index (κ2) is 4.97. The van der Waals surface area contributed by atoms with Gasteiger partial charge in [-0.3, -0.25) is 9.67 Å². The summed E-state index contributed by atoms with van der Waals surface area (Å²) in [4.78, 5) is 0. The van der Waals surface area contributed by atoms with Crippen LogP contribution < -0.4 is 0 Å². The highest BCUT2D eigenvalue weighted by Crippen LogP contribution is 2.26. The van der Waals surface area contributed by atoms with Crippen LogP contribution in [0.1, 0.15) is 25.6 Å². The lowest BCUT2D eigenvalue weighted by Gasteiger charge is -2.13. The number of nitrogens with one attached hydrogen (secondary N) is 1. The fourth-order valence-corrected chi connectivity index (χ4v) is 2.49. The smallest absolute Gasteiger partial charge is 0.200 e. The minimum Gasteiger partial charge on any atom is -0.268 e. The third-order valence-corrected chi connectivity index (χ3v) is 3.61. The van der Waals surface area contributed by atoms with Crippen molar-refractivity contribution in [1.82, 2.24) is 14.8 Å². The van der Waals surface area contributed by atoms with E-state index in [1.54, 1.807) is 0 Å². The van der Waals surface area contributed by atoms with Crippen LogP contribution in [-0.2, 0) is 0 Å². The molecule has 0 saturated carbocycles. The van der Waals surface area contributed by atoms with Crippen molar-refractivity contribution in [3.05, 3.63) is 58.7 Å². The monoisotopic (exact) mass is 269 g/mol. The van der Waals surface area contributed by atoms with Crippen LogP contribution in [0.15, 0.2) is 48.1 Å². The Balaban J connectivity index is 2.13. The van der Waals surface area contributed by atoms with Gasteiger partial charge >= 0.3 is 0 Å². The van der Waals surface area contributed by atoms with Crippen molar-refractivity contribution in [2.24, 2.45) is 0 Å². The van der Waals surface area contributed by atoms with E-state index >= 15 is 0 Å². The summed E-state index contributed by atoms with van der Waals surface area (Å²) in [5, 5.41) is 7.29. The normalized spacial score (nSPS) is 15.0. The molecule has 0 amide bonds. The number of hydrogen-bond donors (Lipinski definition) is 1. The van der Waals surface area contributed by atoms with Crippen LogP contribution in [0, 0.1) is 4.77 Å². The first kappa shape index (κ1) is 12.1. The molecule has 2 aromatic rings. The van der Waals surface area contributed by atoms with E-state index in [1.165, 1.54) is 11.1 Å². The van der Waals surface area contributed by atoms with Gasteiger partial charge in [-0.2, -0.15) is 5.10 Å². The number of H-pyrrole nitrogens is 1. The van der Waals surface area contributed by atoms with Crippen molar-refractivity contribution >= 4 is 17.8 Å². The Kier molecular flexibility index (Phi) is 3.17. The van der Waals surface area contributed by atoms with Crippen molar-refractivity contribution in [3.63, 3.8) is 0 Å². The summed E-state index contributed by atoms with van der Waals surface area (Å²) in [7, 11) is 0. The topological polar surface area (TPSA) is 33.6 Å². The first-order chi connectivity index (χ1) is 9.25. The average Bonchev–Trinajstić information content (AvgIpc) is 2.82. The molecule has 0 spiro atoms. The molecule has 3 rings (SSSR count). The Bertz CT molecular complexity index is 704. The zero-order chi connectivity index (χ0) is 13.2. The predicted octanol–water partition coefficient (Wildman–Crippen LogP) is 4.05. The number of aromatic amines is 1. The molecule has 1 heterocycles. The Labute approximate surface area is 117 Å². The lowest BCUT2D eigenvalue weighted by Crippen LogP contribution is -2.02. The third kappa shape index (κ3) is 2.31. The first-order valence-electron chi connectivity index (χ1n) is 6.35. The summed E-state index contributed by atoms with van der Waals surface area (Å²) in [6, 6.07) is 10.1. The van der Waals surface area contributed by atoms with Crippen LogP contribution in [0.3, 0.4) is 0 Å². The molecule has 0 saturated heterocycles. The van der Waals surface area contributed by atoms with Gasteiger partial charge in [-0.05, 0) is 49.7 Å². The van der Waals surface area contributed by atoms with E-state index in [0.717, 1.165) is 24.4 Å². The summed E-state index contributed by atoms with van der Waals surface area (Å²) < 4.78 is 2.63. The Morgan fingerprint density at radius 2 is 1.95 bits per heavy atom. The molecular formula is C15H15N3S. The number of benzene rings is 1. The van der Waals surface area contributed by atoms with Crippen molar-refractivity contribution < 1.29 is 0 Å². The number of rotatable bonds is 2. The second-order valence-corrected chi connectivity index (χ2v) is 5.11. The third-order valence-electron chi connectivity index (χ3n) is 3.33. The van der Waals surface area contributed by atoms with Gasteiger partial charge in [0.05, 0.1) is 0 Å². The standard InChI is InChI=1S/C15H15N3S/c1-11-7-9-12(10-8-11)14-16-17-15(19)18(14)13-5-3-2-4-6-13/h2-7,9H,8,10H2,1H3,(H,17,19). The van der Waals surface area contributed by atoms with Crippen LogP contribution in [0.4, 0.5) is 0 Å². The minimum atomic E-state index is 0.633. The maximum Gasteiger partial charge on any atom is 0.200 e. The highest BCUT2D eigenvalue weighted by atomic mass is 32.1. The molecule has 0 radical (unpaired) electrons. The number of para-hydroxylation sites is 1. The molecule has 4 heteroatoms. The highest BCUT2D eigenvalue weighted by Gasteiger charge is 2.14. The lowest BCUT2D eigenvalue weighted by molar-refractivity contribution is 0.928. The van der Waals surface area contributed by atoms with E-state index in [-0.39, 0.29) is 0 Å². The first-order valence-corrected chi connectivity index (χ1v) is 6.76. The van der Waals surface area contributed by atoms with Gasteiger partial charge in [0.1, 0.15) is 0 Å². The summed E-state index contributed by atoms with van der Waals surface area (Å²) in [5.74, 6) is 0.917. The van der Waals surface area contributed by atoms with Gasteiger partial charge in [0.25, 0.3) is 0 Å². The average molecular weight is 269 g/mol. The molecule has 0 bridgehead atoms. The van der Waals surface area contributed by atoms with Gasteiger partial charge in [-0.15, -0.1) is 0 Å². The van der Waals surface area contributed by atoms with E-state index in [9.17, 15) is 0 Å². The van der Waals surface area contributed by atoms with Crippen molar-refractivity contribution in [2.75, 3.05) is 0 Å². The Hall–Kier alpha value is -1.94. The number of hydrogen-bond acceptors (Lipinski definition) is 2. The fraction of sp³-hybridized carbons (Fsp3) is 0.200. The second-order valence-electron chi connectivity index (χ2n) is 4.73. The molecule has 0 atom stereocenters. The van der Waals surface area contributed by atoms with E-state index in [0.29, 0.717) is 4.77 Å². The zero-order valence-electron chi connectivity index (χ0n) is 10.8. The Morgan fingerprint density at radius 1 is 1.16 bits per heavy atom. The van der Waals surface area contributed by atoms with Crippen molar-refractivity contribution in [2.45, 2.75) is 19.8 Å². The fourth-order valence-electron chi connectivity index (χ4n) is 2.26. The minimum absolute atomic E-state index is 0.633. The maximum atomic E-state index is 5.35. The number of nitrogens with zero attached hydrogens (tertiary/aromatic N) is 2. The van der Waals surface area contributed by atoms with Gasteiger partial charge in [0.2, 0.25) is 0 Å². The molecule has 19 heavy (non-hydrogen) atoms. The largest absolute Gasteiger partial charge is 0.268 e. The SMILES string of the molecule is CC1=CC=C(c2n[nH]c(=S)n2-c2ccccc2)CC1. The van der Waals surface area contributed by atoms with Crippen molar-refractivity contribution in [3.8, 4) is 5.69 Å². The molecule has 1 aliphatic carbocycles. The Morgan fingerprint density at radius 3 is 2.63 bits per heavy atom.